The minimum atomic E-state index is 0.200. The largest absolute Gasteiger partial charge is 0.391 e. The lowest BCUT2D eigenvalue weighted by atomic mass is 9.84. The molecule has 0 aliphatic heterocycles. The molecular formula is C16H21NS. The van der Waals surface area contributed by atoms with E-state index in [1.807, 2.05) is 0 Å². The molecule has 0 fully saturated rings. The Bertz CT molecular complexity index is 573. The van der Waals surface area contributed by atoms with E-state index in [0.717, 1.165) is 5.00 Å². The van der Waals surface area contributed by atoms with Gasteiger partial charge in [-0.15, -0.1) is 11.3 Å². The van der Waals surface area contributed by atoms with Crippen molar-refractivity contribution in [1.29, 1.82) is 0 Å². The highest BCUT2D eigenvalue weighted by Gasteiger charge is 2.15. The Kier molecular flexibility index (Phi) is 3.24. The van der Waals surface area contributed by atoms with Gasteiger partial charge in [-0.05, 0) is 47.6 Å². The zero-order valence-electron chi connectivity index (χ0n) is 11.8. The van der Waals surface area contributed by atoms with Crippen molar-refractivity contribution in [3.05, 3.63) is 40.3 Å². The fraction of sp³-hybridized carbons (Fsp3) is 0.375. The summed E-state index contributed by atoms with van der Waals surface area (Å²) in [5, 5.41) is 0.891. The molecule has 1 nitrogen and oxygen atoms in total. The van der Waals surface area contributed by atoms with Gasteiger partial charge in [-0.3, -0.25) is 0 Å². The van der Waals surface area contributed by atoms with Crippen molar-refractivity contribution in [3.8, 4) is 11.1 Å². The molecule has 0 aliphatic rings. The van der Waals surface area contributed by atoms with Gasteiger partial charge in [0.25, 0.3) is 0 Å². The van der Waals surface area contributed by atoms with Crippen LogP contribution in [-0.2, 0) is 5.41 Å². The van der Waals surface area contributed by atoms with E-state index >= 15 is 0 Å². The molecular weight excluding hydrogens is 238 g/mol. The molecule has 2 aromatic rings. The van der Waals surface area contributed by atoms with E-state index in [2.05, 4.69) is 58.9 Å². The molecule has 18 heavy (non-hydrogen) atoms. The van der Waals surface area contributed by atoms with Crippen LogP contribution in [0.2, 0.25) is 0 Å². The van der Waals surface area contributed by atoms with Crippen molar-refractivity contribution in [2.75, 3.05) is 5.73 Å². The summed E-state index contributed by atoms with van der Waals surface area (Å²) >= 11 is 1.66. The van der Waals surface area contributed by atoms with Crippen molar-refractivity contribution >= 4 is 16.3 Å². The lowest BCUT2D eigenvalue weighted by molar-refractivity contribution is 0.590. The first-order chi connectivity index (χ1) is 8.29. The van der Waals surface area contributed by atoms with E-state index in [4.69, 9.17) is 5.73 Å². The first kappa shape index (κ1) is 13.2. The second-order valence-electron chi connectivity index (χ2n) is 5.90. The highest BCUT2D eigenvalue weighted by atomic mass is 32.1. The quantitative estimate of drug-likeness (QED) is 0.773. The number of nitrogen functional groups attached to an aromatic ring is 1. The van der Waals surface area contributed by atoms with Crippen LogP contribution in [-0.4, -0.2) is 0 Å². The third kappa shape index (κ3) is 2.44. The molecule has 96 valence electrons. The molecule has 0 amide bonds. The maximum Gasteiger partial charge on any atom is 0.0865 e. The molecule has 2 heteroatoms. The Labute approximate surface area is 114 Å². The zero-order chi connectivity index (χ0) is 13.5. The third-order valence-electron chi connectivity index (χ3n) is 3.32. The van der Waals surface area contributed by atoms with Gasteiger partial charge in [0, 0.05) is 4.88 Å². The molecule has 1 heterocycles. The fourth-order valence-electron chi connectivity index (χ4n) is 2.20. The highest BCUT2D eigenvalue weighted by molar-refractivity contribution is 7.16. The number of benzene rings is 1. The van der Waals surface area contributed by atoms with Gasteiger partial charge in [-0.2, -0.15) is 0 Å². The highest BCUT2D eigenvalue weighted by Crippen LogP contribution is 2.35. The molecule has 2 N–H and O–H groups in total. The van der Waals surface area contributed by atoms with Crippen LogP contribution in [0.25, 0.3) is 11.1 Å². The van der Waals surface area contributed by atoms with Gasteiger partial charge < -0.3 is 5.73 Å². The number of rotatable bonds is 1. The van der Waals surface area contributed by atoms with Crippen LogP contribution in [0.3, 0.4) is 0 Å². The molecule has 0 unspecified atom stereocenters. The second-order valence-corrected chi connectivity index (χ2v) is 7.19. The fourth-order valence-corrected chi connectivity index (χ4v) is 3.01. The van der Waals surface area contributed by atoms with Crippen LogP contribution in [0.1, 0.15) is 36.8 Å². The first-order valence-corrected chi connectivity index (χ1v) is 7.08. The normalized spacial score (nSPS) is 11.8. The van der Waals surface area contributed by atoms with Crippen LogP contribution in [0.15, 0.2) is 24.3 Å². The molecule has 0 atom stereocenters. The van der Waals surface area contributed by atoms with Gasteiger partial charge in [0.15, 0.2) is 0 Å². The number of hydrogen-bond acceptors (Lipinski definition) is 2. The third-order valence-corrected chi connectivity index (χ3v) is 4.20. The lowest BCUT2D eigenvalue weighted by Crippen LogP contribution is -2.11. The summed E-state index contributed by atoms with van der Waals surface area (Å²) in [7, 11) is 0. The Balaban J connectivity index is 2.51. The summed E-state index contributed by atoms with van der Waals surface area (Å²) in [6.45, 7) is 11.0. The molecule has 2 rings (SSSR count). The zero-order valence-corrected chi connectivity index (χ0v) is 12.6. The van der Waals surface area contributed by atoms with E-state index in [1.165, 1.54) is 27.1 Å². The summed E-state index contributed by atoms with van der Waals surface area (Å²) in [5.41, 5.74) is 11.4. The van der Waals surface area contributed by atoms with Gasteiger partial charge in [0.05, 0.1) is 5.00 Å². The topological polar surface area (TPSA) is 26.0 Å². The summed E-state index contributed by atoms with van der Waals surface area (Å²) < 4.78 is 0. The number of aryl methyl sites for hydroxylation is 2. The smallest absolute Gasteiger partial charge is 0.0865 e. The van der Waals surface area contributed by atoms with E-state index in [1.54, 1.807) is 11.3 Å². The minimum absolute atomic E-state index is 0.200. The van der Waals surface area contributed by atoms with Crippen molar-refractivity contribution in [3.63, 3.8) is 0 Å². The molecule has 1 aromatic carbocycles. The molecule has 0 bridgehead atoms. The van der Waals surface area contributed by atoms with Gasteiger partial charge in [-0.1, -0.05) is 39.0 Å². The number of anilines is 1. The van der Waals surface area contributed by atoms with E-state index in [0.29, 0.717) is 0 Å². The van der Waals surface area contributed by atoms with Crippen molar-refractivity contribution in [2.45, 2.75) is 40.0 Å². The van der Waals surface area contributed by atoms with Gasteiger partial charge >= 0.3 is 0 Å². The molecule has 0 saturated carbocycles. The number of nitrogens with two attached hydrogens (primary N) is 1. The molecule has 1 aromatic heterocycles. The lowest BCUT2D eigenvalue weighted by Gasteiger charge is -2.20. The predicted molar refractivity (Wildman–Crippen MR) is 82.3 cm³/mol. The summed E-state index contributed by atoms with van der Waals surface area (Å²) in [4.78, 5) is 1.29. The Morgan fingerprint density at radius 2 is 1.67 bits per heavy atom. The van der Waals surface area contributed by atoms with Gasteiger partial charge in [0.1, 0.15) is 0 Å². The average molecular weight is 259 g/mol. The van der Waals surface area contributed by atoms with Gasteiger partial charge in [-0.25, -0.2) is 0 Å². The van der Waals surface area contributed by atoms with Crippen LogP contribution < -0.4 is 5.73 Å². The maximum absolute atomic E-state index is 5.88. The maximum atomic E-state index is 5.88. The summed E-state index contributed by atoms with van der Waals surface area (Å²) in [6.07, 6.45) is 0. The van der Waals surface area contributed by atoms with Crippen LogP contribution in [0, 0.1) is 13.8 Å². The Morgan fingerprint density at radius 3 is 2.11 bits per heavy atom. The van der Waals surface area contributed by atoms with Crippen molar-refractivity contribution in [2.24, 2.45) is 0 Å². The second kappa shape index (κ2) is 4.43. The van der Waals surface area contributed by atoms with Crippen molar-refractivity contribution < 1.29 is 0 Å². The standard InChI is InChI=1S/C16H21NS/c1-10-8-12(16(3,4)5)6-7-13(10)14-9-15(17)18-11(14)2/h6-9H,17H2,1-5H3. The van der Waals surface area contributed by atoms with Crippen LogP contribution in [0.5, 0.6) is 0 Å². The molecule has 0 aliphatic carbocycles. The summed E-state index contributed by atoms with van der Waals surface area (Å²) in [5.74, 6) is 0. The van der Waals surface area contributed by atoms with Gasteiger partial charge in [0.2, 0.25) is 0 Å². The number of hydrogen-bond donors (Lipinski definition) is 1. The first-order valence-electron chi connectivity index (χ1n) is 6.26. The van der Waals surface area contributed by atoms with Crippen molar-refractivity contribution in [1.82, 2.24) is 0 Å². The predicted octanol–water partition coefficient (Wildman–Crippen LogP) is 4.91. The average Bonchev–Trinajstić information content (AvgIpc) is 2.56. The van der Waals surface area contributed by atoms with E-state index < -0.39 is 0 Å². The molecule has 0 radical (unpaired) electrons. The number of thiophene rings is 1. The van der Waals surface area contributed by atoms with E-state index in [9.17, 15) is 0 Å². The molecule has 0 spiro atoms. The Hall–Kier alpha value is -1.28. The Morgan fingerprint density at radius 1 is 1.00 bits per heavy atom. The SMILES string of the molecule is Cc1cc(C(C)(C)C)ccc1-c1cc(N)sc1C. The van der Waals surface area contributed by atoms with E-state index in [-0.39, 0.29) is 5.41 Å². The minimum Gasteiger partial charge on any atom is -0.391 e. The van der Waals surface area contributed by atoms with Crippen LogP contribution >= 0.6 is 11.3 Å². The van der Waals surface area contributed by atoms with Crippen LogP contribution in [0.4, 0.5) is 5.00 Å². The molecule has 0 saturated heterocycles. The summed E-state index contributed by atoms with van der Waals surface area (Å²) in [6, 6.07) is 8.84. The monoisotopic (exact) mass is 259 g/mol.